The van der Waals surface area contributed by atoms with Gasteiger partial charge in [0.15, 0.2) is 0 Å². The Kier molecular flexibility index (Phi) is 9.54. The highest BCUT2D eigenvalue weighted by Gasteiger charge is 2.17. The van der Waals surface area contributed by atoms with Crippen molar-refractivity contribution in [2.24, 2.45) is 10.3 Å². The number of benzene rings is 2. The van der Waals surface area contributed by atoms with Crippen LogP contribution in [0.15, 0.2) is 69.7 Å². The number of rotatable bonds is 12. The van der Waals surface area contributed by atoms with E-state index in [4.69, 9.17) is 0 Å². The molecular weight excluding hydrogens is 398 g/mol. The predicted molar refractivity (Wildman–Crippen MR) is 122 cm³/mol. The Labute approximate surface area is 179 Å². The van der Waals surface area contributed by atoms with E-state index in [1.54, 1.807) is 12.1 Å². The average molecular weight is 430 g/mol. The fourth-order valence-electron chi connectivity index (χ4n) is 3.06. The first-order valence-corrected chi connectivity index (χ1v) is 11.9. The molecule has 0 bridgehead atoms. The minimum atomic E-state index is -3.83. The molecule has 0 aliphatic rings. The number of hydrogen-bond acceptors (Lipinski definition) is 5. The molecule has 7 heteroatoms. The molecule has 0 spiro atoms. The monoisotopic (exact) mass is 429 g/mol. The maximum atomic E-state index is 12.6. The van der Waals surface area contributed by atoms with Crippen molar-refractivity contribution in [2.75, 3.05) is 0 Å². The minimum absolute atomic E-state index is 0.127. The number of nitrogens with zero attached hydrogens (tertiary/aromatic N) is 2. The molecule has 0 saturated carbocycles. The average Bonchev–Trinajstić information content (AvgIpc) is 2.75. The number of aryl methyl sites for hydroxylation is 1. The fraction of sp³-hybridized carbons (Fsp3) is 0.391. The SMILES string of the molecule is CCCCCCCCC(=NO)C(=NNS(=O)(=O)c1ccc(C)cc1)c1ccccc1. The van der Waals surface area contributed by atoms with Gasteiger partial charge in [-0.2, -0.15) is 18.4 Å². The number of nitrogens with one attached hydrogen (secondary N) is 1. The summed E-state index contributed by atoms with van der Waals surface area (Å²) in [5.41, 5.74) is 2.34. The van der Waals surface area contributed by atoms with Crippen molar-refractivity contribution in [1.29, 1.82) is 0 Å². The lowest BCUT2D eigenvalue weighted by Gasteiger charge is -2.11. The highest BCUT2D eigenvalue weighted by molar-refractivity contribution is 7.89. The number of unbranched alkanes of at least 4 members (excludes halogenated alkanes) is 5. The first-order valence-electron chi connectivity index (χ1n) is 10.4. The molecule has 0 amide bonds. The zero-order valence-electron chi connectivity index (χ0n) is 17.7. The molecule has 30 heavy (non-hydrogen) atoms. The van der Waals surface area contributed by atoms with Crippen molar-refractivity contribution >= 4 is 21.4 Å². The van der Waals surface area contributed by atoms with E-state index in [1.165, 1.54) is 31.4 Å². The van der Waals surface area contributed by atoms with Crippen LogP contribution in [0.2, 0.25) is 0 Å². The molecule has 0 heterocycles. The number of sulfonamides is 1. The van der Waals surface area contributed by atoms with Crippen LogP contribution in [-0.4, -0.2) is 25.0 Å². The Bertz CT molecular complexity index is 937. The normalized spacial score (nSPS) is 12.7. The predicted octanol–water partition coefficient (Wildman–Crippen LogP) is 5.26. The molecular formula is C23H31N3O3S. The molecule has 0 aliphatic carbocycles. The highest BCUT2D eigenvalue weighted by atomic mass is 32.2. The summed E-state index contributed by atoms with van der Waals surface area (Å²) in [5.74, 6) is 0. The van der Waals surface area contributed by atoms with E-state index >= 15 is 0 Å². The third kappa shape index (κ3) is 7.30. The molecule has 0 atom stereocenters. The molecule has 0 radical (unpaired) electrons. The van der Waals surface area contributed by atoms with Crippen molar-refractivity contribution in [3.63, 3.8) is 0 Å². The molecule has 2 aromatic carbocycles. The van der Waals surface area contributed by atoms with Crippen LogP contribution in [0.4, 0.5) is 0 Å². The largest absolute Gasteiger partial charge is 0.411 e. The molecule has 2 N–H and O–H groups in total. The van der Waals surface area contributed by atoms with Crippen LogP contribution in [0.25, 0.3) is 0 Å². The molecule has 6 nitrogen and oxygen atoms in total. The van der Waals surface area contributed by atoms with Gasteiger partial charge in [-0.3, -0.25) is 0 Å². The number of hydrazone groups is 1. The first kappa shape index (κ1) is 23.6. The van der Waals surface area contributed by atoms with E-state index in [1.807, 2.05) is 37.3 Å². The Balaban J connectivity index is 2.19. The summed E-state index contributed by atoms with van der Waals surface area (Å²) in [6, 6.07) is 15.7. The van der Waals surface area contributed by atoms with Crippen LogP contribution in [0.3, 0.4) is 0 Å². The second-order valence-corrected chi connectivity index (χ2v) is 8.96. The van der Waals surface area contributed by atoms with E-state index < -0.39 is 10.0 Å². The molecule has 0 aromatic heterocycles. The second kappa shape index (κ2) is 12.1. The number of oxime groups is 1. The molecule has 2 rings (SSSR count). The van der Waals surface area contributed by atoms with Crippen molar-refractivity contribution in [1.82, 2.24) is 4.83 Å². The van der Waals surface area contributed by atoms with Gasteiger partial charge in [-0.05, 0) is 31.9 Å². The summed E-state index contributed by atoms with van der Waals surface area (Å²) in [4.78, 5) is 2.42. The van der Waals surface area contributed by atoms with Gasteiger partial charge in [-0.1, -0.05) is 92.2 Å². The molecule has 0 unspecified atom stereocenters. The van der Waals surface area contributed by atoms with Gasteiger partial charge in [0, 0.05) is 5.56 Å². The minimum Gasteiger partial charge on any atom is -0.411 e. The van der Waals surface area contributed by atoms with Crippen LogP contribution in [-0.2, 0) is 10.0 Å². The summed E-state index contributed by atoms with van der Waals surface area (Å²) in [7, 11) is -3.83. The lowest BCUT2D eigenvalue weighted by atomic mass is 10.0. The second-order valence-electron chi connectivity index (χ2n) is 7.30. The fourth-order valence-corrected chi connectivity index (χ4v) is 3.87. The third-order valence-electron chi connectivity index (χ3n) is 4.82. The maximum absolute atomic E-state index is 12.6. The van der Waals surface area contributed by atoms with Gasteiger partial charge in [0.2, 0.25) is 0 Å². The summed E-state index contributed by atoms with van der Waals surface area (Å²) < 4.78 is 25.3. The van der Waals surface area contributed by atoms with Crippen LogP contribution < -0.4 is 4.83 Å². The lowest BCUT2D eigenvalue weighted by molar-refractivity contribution is 0.318. The maximum Gasteiger partial charge on any atom is 0.276 e. The Morgan fingerprint density at radius 1 is 0.933 bits per heavy atom. The topological polar surface area (TPSA) is 91.1 Å². The summed E-state index contributed by atoms with van der Waals surface area (Å²) in [5, 5.41) is 17.2. The lowest BCUT2D eigenvalue weighted by Crippen LogP contribution is -2.24. The van der Waals surface area contributed by atoms with E-state index in [9.17, 15) is 13.6 Å². The van der Waals surface area contributed by atoms with Crippen molar-refractivity contribution in [3.8, 4) is 0 Å². The zero-order chi connectivity index (χ0) is 21.8. The van der Waals surface area contributed by atoms with Gasteiger partial charge in [0.25, 0.3) is 10.0 Å². The van der Waals surface area contributed by atoms with Crippen LogP contribution in [0.5, 0.6) is 0 Å². The van der Waals surface area contributed by atoms with Crippen LogP contribution >= 0.6 is 0 Å². The summed E-state index contributed by atoms with van der Waals surface area (Å²) >= 11 is 0. The molecule has 0 saturated heterocycles. The van der Waals surface area contributed by atoms with Gasteiger partial charge in [-0.15, -0.1) is 0 Å². The Morgan fingerprint density at radius 3 is 2.20 bits per heavy atom. The van der Waals surface area contributed by atoms with Crippen molar-refractivity contribution in [3.05, 3.63) is 65.7 Å². The van der Waals surface area contributed by atoms with E-state index in [0.717, 1.165) is 24.8 Å². The summed E-state index contributed by atoms with van der Waals surface area (Å²) in [6.07, 6.45) is 7.12. The zero-order valence-corrected chi connectivity index (χ0v) is 18.5. The van der Waals surface area contributed by atoms with Gasteiger partial charge in [0.1, 0.15) is 11.4 Å². The molecule has 0 fully saturated rings. The van der Waals surface area contributed by atoms with Crippen molar-refractivity contribution in [2.45, 2.75) is 63.7 Å². The third-order valence-corrected chi connectivity index (χ3v) is 6.04. The molecule has 162 valence electrons. The van der Waals surface area contributed by atoms with Gasteiger partial charge in [0.05, 0.1) is 4.90 Å². The van der Waals surface area contributed by atoms with Gasteiger partial charge in [-0.25, -0.2) is 0 Å². The standard InChI is InChI=1S/C23H31N3O3S/c1-3-4-5-6-7-11-14-22(25-27)23(20-12-9-8-10-13-20)24-26-30(28,29)21-17-15-19(2)16-18-21/h8-10,12-13,15-18,26-27H,3-7,11,14H2,1-2H3. The molecule has 0 aliphatic heterocycles. The van der Waals surface area contributed by atoms with Crippen LogP contribution in [0.1, 0.15) is 63.0 Å². The Morgan fingerprint density at radius 2 is 1.57 bits per heavy atom. The van der Waals surface area contributed by atoms with E-state index in [2.05, 4.69) is 22.0 Å². The van der Waals surface area contributed by atoms with E-state index in [0.29, 0.717) is 23.4 Å². The first-order chi connectivity index (χ1) is 14.5. The quantitative estimate of drug-likeness (QED) is 0.209. The van der Waals surface area contributed by atoms with E-state index in [-0.39, 0.29) is 4.90 Å². The molecule has 2 aromatic rings. The van der Waals surface area contributed by atoms with Gasteiger partial charge < -0.3 is 5.21 Å². The Hall–Kier alpha value is -2.67. The highest BCUT2D eigenvalue weighted by Crippen LogP contribution is 2.13. The summed E-state index contributed by atoms with van der Waals surface area (Å²) in [6.45, 7) is 4.07. The smallest absolute Gasteiger partial charge is 0.276 e. The van der Waals surface area contributed by atoms with Crippen LogP contribution in [0, 0.1) is 6.92 Å². The number of hydrogen-bond donors (Lipinski definition) is 2. The van der Waals surface area contributed by atoms with Crippen molar-refractivity contribution < 1.29 is 13.6 Å². The van der Waals surface area contributed by atoms with Gasteiger partial charge >= 0.3 is 0 Å².